The van der Waals surface area contributed by atoms with Crippen molar-refractivity contribution >= 4 is 17.5 Å². The topological polar surface area (TPSA) is 85.0 Å². The van der Waals surface area contributed by atoms with Gasteiger partial charge in [0.1, 0.15) is 12.4 Å². The van der Waals surface area contributed by atoms with Gasteiger partial charge in [-0.05, 0) is 18.2 Å². The predicted molar refractivity (Wildman–Crippen MR) is 85.5 cm³/mol. The lowest BCUT2D eigenvalue weighted by Gasteiger charge is -2.20. The second-order valence-corrected chi connectivity index (χ2v) is 5.95. The van der Waals surface area contributed by atoms with Gasteiger partial charge in [-0.15, -0.1) is 0 Å². The first-order valence-corrected chi connectivity index (χ1v) is 7.57. The molecule has 25 heavy (non-hydrogen) atoms. The first-order chi connectivity index (χ1) is 11.9. The lowest BCUT2D eigenvalue weighted by atomic mass is 10.1. The normalized spacial score (nSPS) is 14.6. The Morgan fingerprint density at radius 1 is 1.12 bits per heavy atom. The van der Waals surface area contributed by atoms with E-state index in [1.165, 1.54) is 24.3 Å². The molecule has 0 bridgehead atoms. The SMILES string of the molecule is C[NH+](Cc1cccc(F)c1)CN1C(=O)c2ccc([N+](=O)[O-])cc2C1=O. The van der Waals surface area contributed by atoms with Gasteiger partial charge in [0, 0.05) is 17.7 Å². The fourth-order valence-corrected chi connectivity index (χ4v) is 2.86. The third-order valence-corrected chi connectivity index (χ3v) is 3.99. The number of nitrogens with one attached hydrogen (secondary N) is 1. The van der Waals surface area contributed by atoms with Gasteiger partial charge in [-0.3, -0.25) is 19.7 Å². The molecule has 0 saturated heterocycles. The van der Waals surface area contributed by atoms with Crippen LogP contribution in [0.1, 0.15) is 26.3 Å². The number of hydrogen-bond donors (Lipinski definition) is 1. The van der Waals surface area contributed by atoms with Gasteiger partial charge in [-0.2, -0.15) is 0 Å². The summed E-state index contributed by atoms with van der Waals surface area (Å²) in [6, 6.07) is 9.73. The van der Waals surface area contributed by atoms with E-state index in [4.69, 9.17) is 0 Å². The van der Waals surface area contributed by atoms with Crippen LogP contribution < -0.4 is 4.90 Å². The number of non-ortho nitro benzene ring substituents is 1. The van der Waals surface area contributed by atoms with Gasteiger partial charge in [-0.1, -0.05) is 12.1 Å². The summed E-state index contributed by atoms with van der Waals surface area (Å²) >= 11 is 0. The first kappa shape index (κ1) is 16.7. The minimum Gasteiger partial charge on any atom is -0.316 e. The fraction of sp³-hybridized carbons (Fsp3) is 0.176. The van der Waals surface area contributed by atoms with Crippen LogP contribution in [0.5, 0.6) is 0 Å². The van der Waals surface area contributed by atoms with Crippen molar-refractivity contribution in [3.05, 3.63) is 75.1 Å². The minimum absolute atomic E-state index is 0.0396. The molecule has 2 aromatic rings. The zero-order chi connectivity index (χ0) is 18.1. The molecule has 0 spiro atoms. The molecule has 1 atom stereocenters. The van der Waals surface area contributed by atoms with Crippen LogP contribution >= 0.6 is 0 Å². The third-order valence-electron chi connectivity index (χ3n) is 3.99. The second-order valence-electron chi connectivity index (χ2n) is 5.95. The molecule has 0 radical (unpaired) electrons. The summed E-state index contributed by atoms with van der Waals surface area (Å²) in [6.45, 7) is 0.502. The summed E-state index contributed by atoms with van der Waals surface area (Å²) in [5, 5.41) is 10.8. The minimum atomic E-state index is -0.609. The zero-order valence-electron chi connectivity index (χ0n) is 13.4. The number of hydrogen-bond acceptors (Lipinski definition) is 4. The van der Waals surface area contributed by atoms with Gasteiger partial charge in [0.2, 0.25) is 0 Å². The number of benzene rings is 2. The van der Waals surface area contributed by atoms with Gasteiger partial charge in [0.15, 0.2) is 6.67 Å². The van der Waals surface area contributed by atoms with E-state index in [1.54, 1.807) is 19.2 Å². The summed E-state index contributed by atoms with van der Waals surface area (Å²) in [5.41, 5.74) is 0.707. The van der Waals surface area contributed by atoms with Crippen molar-refractivity contribution in [2.75, 3.05) is 13.7 Å². The van der Waals surface area contributed by atoms with Crippen molar-refractivity contribution in [2.45, 2.75) is 6.54 Å². The molecule has 1 N–H and O–H groups in total. The molecule has 2 amide bonds. The molecule has 7 nitrogen and oxygen atoms in total. The van der Waals surface area contributed by atoms with Gasteiger partial charge in [0.25, 0.3) is 17.5 Å². The standard InChI is InChI=1S/C17H14FN3O4/c1-19(9-11-3-2-4-12(18)7-11)10-20-16(22)14-6-5-13(21(24)25)8-15(14)17(20)23/h2-8H,9-10H2,1H3/p+1. The first-order valence-electron chi connectivity index (χ1n) is 7.57. The molecule has 3 rings (SSSR count). The number of carbonyl (C=O) groups is 2. The van der Waals surface area contributed by atoms with E-state index in [9.17, 15) is 24.1 Å². The highest BCUT2D eigenvalue weighted by Crippen LogP contribution is 2.26. The maximum Gasteiger partial charge on any atom is 0.270 e. The maximum atomic E-state index is 13.2. The van der Waals surface area contributed by atoms with Crippen LogP contribution in [0.25, 0.3) is 0 Å². The van der Waals surface area contributed by atoms with Crippen molar-refractivity contribution in [1.82, 2.24) is 4.90 Å². The van der Waals surface area contributed by atoms with Gasteiger partial charge < -0.3 is 4.90 Å². The van der Waals surface area contributed by atoms with E-state index in [0.717, 1.165) is 21.4 Å². The molecule has 0 fully saturated rings. The van der Waals surface area contributed by atoms with Gasteiger partial charge in [-0.25, -0.2) is 9.29 Å². The van der Waals surface area contributed by atoms with Crippen LogP contribution in [-0.4, -0.2) is 35.4 Å². The molecule has 1 heterocycles. The molecule has 2 aromatic carbocycles. The fourth-order valence-electron chi connectivity index (χ4n) is 2.86. The number of amides is 2. The molecule has 1 aliphatic rings. The number of carbonyl (C=O) groups excluding carboxylic acids is 2. The van der Waals surface area contributed by atoms with Crippen molar-refractivity contribution in [2.24, 2.45) is 0 Å². The average molecular weight is 344 g/mol. The predicted octanol–water partition coefficient (Wildman–Crippen LogP) is 1.00. The molecule has 8 heteroatoms. The largest absolute Gasteiger partial charge is 0.316 e. The Morgan fingerprint density at radius 2 is 1.84 bits per heavy atom. The van der Waals surface area contributed by atoms with Crippen LogP contribution in [0, 0.1) is 15.9 Å². The number of halogens is 1. The zero-order valence-corrected chi connectivity index (χ0v) is 13.4. The summed E-state index contributed by atoms with van der Waals surface area (Å²) in [7, 11) is 1.77. The number of fused-ring (bicyclic) bond motifs is 1. The molecule has 0 saturated carbocycles. The van der Waals surface area contributed by atoms with Crippen LogP contribution in [0.2, 0.25) is 0 Å². The van der Waals surface area contributed by atoms with E-state index >= 15 is 0 Å². The van der Waals surface area contributed by atoms with Gasteiger partial charge in [0.05, 0.1) is 23.1 Å². The van der Waals surface area contributed by atoms with Crippen molar-refractivity contribution < 1.29 is 23.8 Å². The van der Waals surface area contributed by atoms with Crippen molar-refractivity contribution in [1.29, 1.82) is 0 Å². The lowest BCUT2D eigenvalue weighted by molar-refractivity contribution is -0.901. The highest BCUT2D eigenvalue weighted by molar-refractivity contribution is 6.21. The molecule has 1 unspecified atom stereocenters. The van der Waals surface area contributed by atoms with Crippen molar-refractivity contribution in [3.8, 4) is 0 Å². The van der Waals surface area contributed by atoms with E-state index < -0.39 is 16.7 Å². The second kappa shape index (κ2) is 6.40. The Hall–Kier alpha value is -3.13. The Kier molecular flexibility index (Phi) is 4.28. The Morgan fingerprint density at radius 3 is 2.52 bits per heavy atom. The molecule has 1 aliphatic heterocycles. The quantitative estimate of drug-likeness (QED) is 0.498. The van der Waals surface area contributed by atoms with Crippen LogP contribution in [0.15, 0.2) is 42.5 Å². The summed E-state index contributed by atoms with van der Waals surface area (Å²) < 4.78 is 13.2. The number of imide groups is 1. The third kappa shape index (κ3) is 3.24. The number of nitro benzene ring substituents is 1. The Balaban J connectivity index is 1.76. The maximum absolute atomic E-state index is 13.2. The lowest BCUT2D eigenvalue weighted by Crippen LogP contribution is -3.09. The average Bonchev–Trinajstić information content (AvgIpc) is 2.79. The Bertz CT molecular complexity index is 884. The number of nitrogens with zero attached hydrogens (tertiary/aromatic N) is 2. The molecule has 0 aliphatic carbocycles. The van der Waals surface area contributed by atoms with Gasteiger partial charge >= 0.3 is 0 Å². The van der Waals surface area contributed by atoms with E-state index in [2.05, 4.69) is 0 Å². The number of rotatable bonds is 5. The Labute approximate surface area is 142 Å². The highest BCUT2D eigenvalue weighted by Gasteiger charge is 2.38. The number of quaternary nitrogens is 1. The molecule has 0 aromatic heterocycles. The van der Waals surface area contributed by atoms with Crippen molar-refractivity contribution in [3.63, 3.8) is 0 Å². The summed E-state index contributed by atoms with van der Waals surface area (Å²) in [5.74, 6) is -1.38. The van der Waals surface area contributed by atoms with E-state index in [1.807, 2.05) is 0 Å². The van der Waals surface area contributed by atoms with Crippen LogP contribution in [-0.2, 0) is 6.54 Å². The molecular formula is C17H15FN3O4+. The molecule has 128 valence electrons. The smallest absolute Gasteiger partial charge is 0.270 e. The monoisotopic (exact) mass is 344 g/mol. The molecular weight excluding hydrogens is 329 g/mol. The number of nitro groups is 1. The van der Waals surface area contributed by atoms with Crippen LogP contribution in [0.3, 0.4) is 0 Å². The van der Waals surface area contributed by atoms with E-state index in [-0.39, 0.29) is 29.3 Å². The summed E-state index contributed by atoms with van der Waals surface area (Å²) in [6.07, 6.45) is 0. The van der Waals surface area contributed by atoms with E-state index in [0.29, 0.717) is 6.54 Å². The van der Waals surface area contributed by atoms with Crippen LogP contribution in [0.4, 0.5) is 10.1 Å². The highest BCUT2D eigenvalue weighted by atomic mass is 19.1. The summed E-state index contributed by atoms with van der Waals surface area (Å²) in [4.78, 5) is 36.9.